The summed E-state index contributed by atoms with van der Waals surface area (Å²) in [5.74, 6) is 1.52. The number of amides is 1. The average Bonchev–Trinajstić information content (AvgIpc) is 2.83. The zero-order valence-corrected chi connectivity index (χ0v) is 21.7. The maximum atomic E-state index is 13.0. The molecular weight excluding hydrogens is 452 g/mol. The van der Waals surface area contributed by atoms with Gasteiger partial charge in [0.05, 0.1) is 25.2 Å². The molecule has 0 saturated carbocycles. The predicted molar refractivity (Wildman–Crippen MR) is 133 cm³/mol. The van der Waals surface area contributed by atoms with E-state index in [1.54, 1.807) is 38.5 Å². The lowest BCUT2D eigenvalue weighted by atomic mass is 9.92. The van der Waals surface area contributed by atoms with Gasteiger partial charge in [-0.2, -0.15) is 4.31 Å². The van der Waals surface area contributed by atoms with E-state index >= 15 is 0 Å². The van der Waals surface area contributed by atoms with E-state index in [2.05, 4.69) is 25.2 Å². The molecule has 34 heavy (non-hydrogen) atoms. The van der Waals surface area contributed by atoms with Gasteiger partial charge >= 0.3 is 0 Å². The summed E-state index contributed by atoms with van der Waals surface area (Å²) in [7, 11) is -0.379. The van der Waals surface area contributed by atoms with Gasteiger partial charge in [-0.3, -0.25) is 4.79 Å². The topological polar surface area (TPSA) is 84.9 Å². The number of ether oxygens (including phenoxy) is 2. The van der Waals surface area contributed by atoms with Gasteiger partial charge in [-0.15, -0.1) is 0 Å². The number of benzene rings is 2. The van der Waals surface area contributed by atoms with Gasteiger partial charge in [-0.05, 0) is 85.7 Å². The van der Waals surface area contributed by atoms with Gasteiger partial charge in [0.15, 0.2) is 0 Å². The summed E-state index contributed by atoms with van der Waals surface area (Å²) >= 11 is 0. The van der Waals surface area contributed by atoms with E-state index in [1.807, 2.05) is 19.9 Å². The number of hydrogen-bond donors (Lipinski definition) is 1. The molecule has 1 N–H and O–H groups in total. The number of piperidine rings is 1. The summed E-state index contributed by atoms with van der Waals surface area (Å²) in [6.45, 7) is 8.88. The summed E-state index contributed by atoms with van der Waals surface area (Å²) < 4.78 is 38.1. The molecule has 1 heterocycles. The third-order valence-electron chi connectivity index (χ3n) is 6.59. The molecule has 0 spiro atoms. The Bertz CT molecular complexity index is 1100. The quantitative estimate of drug-likeness (QED) is 0.595. The molecule has 1 amide bonds. The average molecular weight is 489 g/mol. The minimum Gasteiger partial charge on any atom is -0.497 e. The molecule has 8 heteroatoms. The first kappa shape index (κ1) is 26.0. The fourth-order valence-electron chi connectivity index (χ4n) is 4.47. The molecule has 0 aromatic heterocycles. The normalized spacial score (nSPS) is 16.3. The lowest BCUT2D eigenvalue weighted by Crippen LogP contribution is -2.43. The molecular formula is C26H36N2O5S. The summed E-state index contributed by atoms with van der Waals surface area (Å²) in [5, 5.41) is 3.15. The van der Waals surface area contributed by atoms with E-state index in [9.17, 15) is 13.2 Å². The number of hydrogen-bond acceptors (Lipinski definition) is 5. The zero-order valence-electron chi connectivity index (χ0n) is 20.9. The van der Waals surface area contributed by atoms with E-state index in [1.165, 1.54) is 4.31 Å². The molecule has 2 aromatic carbocycles. The van der Waals surface area contributed by atoms with E-state index in [0.29, 0.717) is 37.6 Å². The van der Waals surface area contributed by atoms with Crippen molar-refractivity contribution in [2.24, 2.45) is 5.92 Å². The molecule has 1 fully saturated rings. The van der Waals surface area contributed by atoms with Crippen LogP contribution in [0.15, 0.2) is 41.3 Å². The highest BCUT2D eigenvalue weighted by molar-refractivity contribution is 7.89. The molecule has 1 aliphatic heterocycles. The highest BCUT2D eigenvalue weighted by Crippen LogP contribution is 2.32. The monoisotopic (exact) mass is 488 g/mol. The zero-order chi connectivity index (χ0) is 25.0. The maximum absolute atomic E-state index is 13.0. The second-order valence-electron chi connectivity index (χ2n) is 9.19. The first-order chi connectivity index (χ1) is 16.1. The molecule has 3 rings (SSSR count). The first-order valence-electron chi connectivity index (χ1n) is 11.7. The number of nitrogens with one attached hydrogen (secondary N) is 1. The van der Waals surface area contributed by atoms with Crippen LogP contribution in [0.2, 0.25) is 0 Å². The molecule has 0 unspecified atom stereocenters. The maximum Gasteiger partial charge on any atom is 0.243 e. The van der Waals surface area contributed by atoms with Crippen molar-refractivity contribution in [3.05, 3.63) is 53.1 Å². The van der Waals surface area contributed by atoms with Crippen LogP contribution in [0.5, 0.6) is 11.5 Å². The Kier molecular flexibility index (Phi) is 8.25. The van der Waals surface area contributed by atoms with Crippen LogP contribution in [0.3, 0.4) is 0 Å². The highest BCUT2D eigenvalue weighted by atomic mass is 32.2. The van der Waals surface area contributed by atoms with Crippen LogP contribution in [0, 0.1) is 12.8 Å². The minimum absolute atomic E-state index is 0.0321. The van der Waals surface area contributed by atoms with Gasteiger partial charge in [-0.1, -0.05) is 13.8 Å². The molecule has 186 valence electrons. The highest BCUT2D eigenvalue weighted by Gasteiger charge is 2.32. The summed E-state index contributed by atoms with van der Waals surface area (Å²) in [5.41, 5.74) is 3.24. The second kappa shape index (κ2) is 10.8. The van der Waals surface area contributed by atoms with E-state index in [4.69, 9.17) is 9.47 Å². The largest absolute Gasteiger partial charge is 0.497 e. The number of carbonyl (C=O) groups is 1. The lowest BCUT2D eigenvalue weighted by molar-refractivity contribution is -0.126. The lowest BCUT2D eigenvalue weighted by Gasteiger charge is -2.31. The van der Waals surface area contributed by atoms with Crippen molar-refractivity contribution in [1.29, 1.82) is 0 Å². The fraction of sp³-hybridized carbons (Fsp3) is 0.500. The summed E-state index contributed by atoms with van der Waals surface area (Å²) in [4.78, 5) is 13.3. The van der Waals surface area contributed by atoms with Gasteiger partial charge in [0.2, 0.25) is 15.9 Å². The van der Waals surface area contributed by atoms with Crippen LogP contribution in [0.25, 0.3) is 0 Å². The Morgan fingerprint density at radius 1 is 1.00 bits per heavy atom. The van der Waals surface area contributed by atoms with Gasteiger partial charge < -0.3 is 14.8 Å². The Balaban J connectivity index is 1.64. The van der Waals surface area contributed by atoms with E-state index < -0.39 is 10.0 Å². The van der Waals surface area contributed by atoms with Crippen LogP contribution in [0.1, 0.15) is 62.3 Å². The third kappa shape index (κ3) is 5.55. The van der Waals surface area contributed by atoms with Crippen molar-refractivity contribution in [3.63, 3.8) is 0 Å². The molecule has 0 radical (unpaired) electrons. The van der Waals surface area contributed by atoms with Crippen LogP contribution < -0.4 is 14.8 Å². The van der Waals surface area contributed by atoms with Gasteiger partial charge in [0, 0.05) is 19.0 Å². The molecule has 2 aromatic rings. The molecule has 0 aliphatic carbocycles. The smallest absolute Gasteiger partial charge is 0.243 e. The number of methoxy groups -OCH3 is 2. The standard InChI is InChI=1S/C26H36N2O5S/c1-17(2)23-16-24(18(3)15-25(23)33-6)19(4)27-26(29)20-11-13-28(14-12-20)34(30,31)22-9-7-21(32-5)8-10-22/h7-10,15-17,19-20H,11-14H2,1-6H3,(H,27,29)/t19-/m0/s1. The fourth-order valence-corrected chi connectivity index (χ4v) is 5.94. The van der Waals surface area contributed by atoms with Crippen molar-refractivity contribution < 1.29 is 22.7 Å². The number of nitrogens with zero attached hydrogens (tertiary/aromatic N) is 1. The van der Waals surface area contributed by atoms with Crippen LogP contribution in [0.4, 0.5) is 0 Å². The first-order valence-corrected chi connectivity index (χ1v) is 13.2. The number of carbonyl (C=O) groups excluding carboxylic acids is 1. The summed E-state index contributed by atoms with van der Waals surface area (Å²) in [6.07, 6.45) is 0.986. The number of aryl methyl sites for hydroxylation is 1. The van der Waals surface area contributed by atoms with Crippen molar-refractivity contribution >= 4 is 15.9 Å². The molecule has 1 saturated heterocycles. The number of sulfonamides is 1. The van der Waals surface area contributed by atoms with Crippen molar-refractivity contribution in [2.75, 3.05) is 27.3 Å². The Labute approximate surface area is 203 Å². The van der Waals surface area contributed by atoms with E-state index in [0.717, 1.165) is 22.4 Å². The Morgan fingerprint density at radius 3 is 2.15 bits per heavy atom. The third-order valence-corrected chi connectivity index (χ3v) is 8.50. The molecule has 7 nitrogen and oxygen atoms in total. The van der Waals surface area contributed by atoms with E-state index in [-0.39, 0.29) is 22.8 Å². The van der Waals surface area contributed by atoms with Crippen LogP contribution >= 0.6 is 0 Å². The Hall–Kier alpha value is -2.58. The van der Waals surface area contributed by atoms with Gasteiger partial charge in [0.25, 0.3) is 0 Å². The minimum atomic E-state index is -3.59. The molecule has 1 atom stereocenters. The Morgan fingerprint density at radius 2 is 1.62 bits per heavy atom. The molecule has 1 aliphatic rings. The van der Waals surface area contributed by atoms with Crippen LogP contribution in [-0.4, -0.2) is 45.9 Å². The van der Waals surface area contributed by atoms with Crippen molar-refractivity contribution in [1.82, 2.24) is 9.62 Å². The van der Waals surface area contributed by atoms with Crippen LogP contribution in [-0.2, 0) is 14.8 Å². The number of rotatable bonds is 8. The van der Waals surface area contributed by atoms with Gasteiger partial charge in [-0.25, -0.2) is 8.42 Å². The van der Waals surface area contributed by atoms with Crippen molar-refractivity contribution in [2.45, 2.75) is 57.4 Å². The molecule has 0 bridgehead atoms. The summed E-state index contributed by atoms with van der Waals surface area (Å²) in [6, 6.07) is 10.4. The SMILES string of the molecule is COc1ccc(S(=O)(=O)N2CCC(C(=O)N[C@@H](C)c3cc(C(C)C)c(OC)cc3C)CC2)cc1. The predicted octanol–water partition coefficient (Wildman–Crippen LogP) is 4.41. The second-order valence-corrected chi connectivity index (χ2v) is 11.1. The van der Waals surface area contributed by atoms with Crippen molar-refractivity contribution in [3.8, 4) is 11.5 Å². The van der Waals surface area contributed by atoms with Gasteiger partial charge in [0.1, 0.15) is 11.5 Å².